The number of ether oxygens (including phenoxy) is 1. The summed E-state index contributed by atoms with van der Waals surface area (Å²) in [5.41, 5.74) is -3.27. The topological polar surface area (TPSA) is 26.3 Å². The lowest BCUT2D eigenvalue weighted by atomic mass is 10.0. The van der Waals surface area contributed by atoms with Crippen molar-refractivity contribution in [3.8, 4) is 0 Å². The van der Waals surface area contributed by atoms with Crippen LogP contribution in [0.15, 0.2) is 24.3 Å². The average molecular weight is 340 g/mol. The quantitative estimate of drug-likeness (QED) is 0.323. The molecular weight excluding hydrogens is 326 g/mol. The zero-order valence-electron chi connectivity index (χ0n) is 12.1. The molecule has 23 heavy (non-hydrogen) atoms. The van der Waals surface area contributed by atoms with E-state index in [0.717, 1.165) is 18.6 Å². The zero-order chi connectivity index (χ0) is 17.7. The first-order chi connectivity index (χ1) is 10.5. The molecule has 1 rings (SSSR count). The third-order valence-electron chi connectivity index (χ3n) is 2.76. The Labute approximate surface area is 128 Å². The van der Waals surface area contributed by atoms with Gasteiger partial charge >= 0.3 is 18.3 Å². The molecule has 1 aromatic carbocycles. The number of carbonyl (C=O) groups is 1. The summed E-state index contributed by atoms with van der Waals surface area (Å²) in [7, 11) is 0. The molecule has 0 aliphatic rings. The van der Waals surface area contributed by atoms with Crippen molar-refractivity contribution in [2.45, 2.75) is 32.1 Å². The second-order valence-electron chi connectivity index (χ2n) is 4.69. The van der Waals surface area contributed by atoms with E-state index in [-0.39, 0.29) is 18.2 Å². The van der Waals surface area contributed by atoms with E-state index in [1.165, 1.54) is 0 Å². The van der Waals surface area contributed by atoms with Crippen LogP contribution < -0.4 is 0 Å². The molecule has 2 nitrogen and oxygen atoms in total. The highest BCUT2D eigenvalue weighted by molar-refractivity contribution is 5.87. The molecule has 0 unspecified atom stereocenters. The fraction of sp³-hybridized carbons (Fsp3) is 0.400. The largest absolute Gasteiger partial charge is 0.463 e. The highest BCUT2D eigenvalue weighted by Gasteiger charge is 2.36. The average Bonchev–Trinajstić information content (AvgIpc) is 2.43. The number of hydrogen-bond acceptors (Lipinski definition) is 2. The van der Waals surface area contributed by atoms with E-state index in [4.69, 9.17) is 4.74 Å². The molecule has 0 bridgehead atoms. The number of halogens is 6. The lowest BCUT2D eigenvalue weighted by molar-refractivity contribution is -0.143. The molecule has 0 amide bonds. The molecule has 0 aliphatic heterocycles. The van der Waals surface area contributed by atoms with Gasteiger partial charge in [-0.2, -0.15) is 26.3 Å². The monoisotopic (exact) mass is 340 g/mol. The first kappa shape index (κ1) is 19.1. The molecule has 0 saturated heterocycles. The Kier molecular flexibility index (Phi) is 6.23. The lowest BCUT2D eigenvalue weighted by Gasteiger charge is -2.12. The Bertz CT molecular complexity index is 540. The van der Waals surface area contributed by atoms with Gasteiger partial charge in [0, 0.05) is 6.08 Å². The van der Waals surface area contributed by atoms with E-state index in [2.05, 4.69) is 0 Å². The Morgan fingerprint density at radius 2 is 1.57 bits per heavy atom. The number of carbonyl (C=O) groups excluding carboxylic acids is 1. The Hall–Kier alpha value is -1.99. The standard InChI is InChI=1S/C15H14F6O2/c1-2-3-6-23-13(22)5-4-10-7-11(14(16,17)18)9-12(8-10)15(19,20)21/h4-5,7-9H,2-3,6H2,1H3/b5-4+. The van der Waals surface area contributed by atoms with Crippen molar-refractivity contribution in [2.24, 2.45) is 0 Å². The molecule has 0 aliphatic carbocycles. The van der Waals surface area contributed by atoms with Crippen LogP contribution in [0.25, 0.3) is 6.08 Å². The smallest absolute Gasteiger partial charge is 0.416 e. The normalized spacial score (nSPS) is 12.7. The lowest BCUT2D eigenvalue weighted by Crippen LogP contribution is -2.11. The Morgan fingerprint density at radius 1 is 1.04 bits per heavy atom. The molecule has 0 spiro atoms. The van der Waals surface area contributed by atoms with Gasteiger partial charge in [0.05, 0.1) is 17.7 Å². The summed E-state index contributed by atoms with van der Waals surface area (Å²) in [6, 6.07) is 1.09. The summed E-state index contributed by atoms with van der Waals surface area (Å²) in [6.07, 6.45) is -6.80. The second kappa shape index (κ2) is 7.52. The van der Waals surface area contributed by atoms with E-state index in [9.17, 15) is 31.1 Å². The number of benzene rings is 1. The summed E-state index contributed by atoms with van der Waals surface area (Å²) in [5, 5.41) is 0. The van der Waals surface area contributed by atoms with Crippen LogP contribution in [0.1, 0.15) is 36.5 Å². The van der Waals surface area contributed by atoms with E-state index in [1.54, 1.807) is 0 Å². The molecule has 0 fully saturated rings. The molecule has 0 saturated carbocycles. The molecule has 0 aromatic heterocycles. The van der Waals surface area contributed by atoms with Gasteiger partial charge in [0.25, 0.3) is 0 Å². The fourth-order valence-corrected chi connectivity index (χ4v) is 1.60. The van der Waals surface area contributed by atoms with Crippen LogP contribution in [-0.2, 0) is 21.9 Å². The van der Waals surface area contributed by atoms with Crippen molar-refractivity contribution in [3.05, 3.63) is 41.0 Å². The van der Waals surface area contributed by atoms with Gasteiger partial charge in [-0.05, 0) is 36.3 Å². The van der Waals surface area contributed by atoms with Gasteiger partial charge in [-0.1, -0.05) is 13.3 Å². The summed E-state index contributed by atoms with van der Waals surface area (Å²) >= 11 is 0. The molecule has 8 heteroatoms. The summed E-state index contributed by atoms with van der Waals surface area (Å²) in [4.78, 5) is 11.3. The minimum Gasteiger partial charge on any atom is -0.463 e. The number of esters is 1. The van der Waals surface area contributed by atoms with Gasteiger partial charge < -0.3 is 4.74 Å². The van der Waals surface area contributed by atoms with Crippen LogP contribution in [0.3, 0.4) is 0 Å². The number of hydrogen-bond donors (Lipinski definition) is 0. The van der Waals surface area contributed by atoms with E-state index in [1.807, 2.05) is 6.92 Å². The molecule has 0 N–H and O–H groups in total. The first-order valence-corrected chi connectivity index (χ1v) is 6.68. The predicted molar refractivity (Wildman–Crippen MR) is 71.3 cm³/mol. The summed E-state index contributed by atoms with van der Waals surface area (Å²) < 4.78 is 80.7. The Morgan fingerprint density at radius 3 is 2.00 bits per heavy atom. The van der Waals surface area contributed by atoms with E-state index in [0.29, 0.717) is 18.6 Å². The molecule has 128 valence electrons. The number of alkyl halides is 6. The maximum atomic E-state index is 12.7. The highest BCUT2D eigenvalue weighted by atomic mass is 19.4. The maximum Gasteiger partial charge on any atom is 0.416 e. The van der Waals surface area contributed by atoms with Crippen molar-refractivity contribution >= 4 is 12.0 Å². The summed E-state index contributed by atoms with van der Waals surface area (Å²) in [6.45, 7) is 2.00. The van der Waals surface area contributed by atoms with Crippen LogP contribution in [0.5, 0.6) is 0 Å². The van der Waals surface area contributed by atoms with Crippen molar-refractivity contribution in [1.29, 1.82) is 0 Å². The molecule has 1 aromatic rings. The van der Waals surface area contributed by atoms with Crippen LogP contribution in [0.2, 0.25) is 0 Å². The second-order valence-corrected chi connectivity index (χ2v) is 4.69. The van der Waals surface area contributed by atoms with Crippen LogP contribution in [-0.4, -0.2) is 12.6 Å². The molecule has 0 heterocycles. The van der Waals surface area contributed by atoms with Crippen LogP contribution >= 0.6 is 0 Å². The summed E-state index contributed by atoms with van der Waals surface area (Å²) in [5.74, 6) is -0.829. The van der Waals surface area contributed by atoms with Crippen molar-refractivity contribution in [1.82, 2.24) is 0 Å². The Balaban J connectivity index is 3.04. The van der Waals surface area contributed by atoms with Crippen LogP contribution in [0.4, 0.5) is 26.3 Å². The highest BCUT2D eigenvalue weighted by Crippen LogP contribution is 2.36. The maximum absolute atomic E-state index is 12.7. The third kappa shape index (κ3) is 6.33. The SMILES string of the molecule is CCCCOC(=O)/C=C/c1cc(C(F)(F)F)cc(C(F)(F)F)c1. The predicted octanol–water partition coefficient (Wildman–Crippen LogP) is 5.08. The van der Waals surface area contributed by atoms with Crippen molar-refractivity contribution in [3.63, 3.8) is 0 Å². The van der Waals surface area contributed by atoms with Gasteiger partial charge in [0.15, 0.2) is 0 Å². The zero-order valence-corrected chi connectivity index (χ0v) is 12.1. The molecule has 0 atom stereocenters. The van der Waals surface area contributed by atoms with Crippen molar-refractivity contribution < 1.29 is 35.9 Å². The molecule has 0 radical (unpaired) electrons. The van der Waals surface area contributed by atoms with Crippen LogP contribution in [0, 0.1) is 0 Å². The minimum absolute atomic E-state index is 0.0247. The van der Waals surface area contributed by atoms with Gasteiger partial charge in [0.2, 0.25) is 0 Å². The van der Waals surface area contributed by atoms with Gasteiger partial charge in [-0.3, -0.25) is 0 Å². The first-order valence-electron chi connectivity index (χ1n) is 6.68. The van der Waals surface area contributed by atoms with Gasteiger partial charge in [0.1, 0.15) is 0 Å². The number of rotatable bonds is 5. The number of unbranched alkanes of at least 4 members (excludes halogenated alkanes) is 1. The fourth-order valence-electron chi connectivity index (χ4n) is 1.60. The van der Waals surface area contributed by atoms with Crippen molar-refractivity contribution in [2.75, 3.05) is 6.61 Å². The third-order valence-corrected chi connectivity index (χ3v) is 2.76. The van der Waals surface area contributed by atoms with Gasteiger partial charge in [-0.25, -0.2) is 4.79 Å². The van der Waals surface area contributed by atoms with E-state index < -0.39 is 29.4 Å². The van der Waals surface area contributed by atoms with E-state index >= 15 is 0 Å². The minimum atomic E-state index is -4.93. The van der Waals surface area contributed by atoms with Gasteiger partial charge in [-0.15, -0.1) is 0 Å². The molecular formula is C15H14F6O2.